The minimum absolute atomic E-state index is 0.0892. The summed E-state index contributed by atoms with van der Waals surface area (Å²) >= 11 is 0. The van der Waals surface area contributed by atoms with Crippen LogP contribution in [0.2, 0.25) is 0 Å². The van der Waals surface area contributed by atoms with E-state index in [-0.39, 0.29) is 19.3 Å². The highest BCUT2D eigenvalue weighted by molar-refractivity contribution is 7.47. The fraction of sp³-hybridized carbons (Fsp3) is 0.716. The van der Waals surface area contributed by atoms with Crippen LogP contribution >= 0.6 is 15.6 Å². The monoisotopic (exact) mass is 1620 g/mol. The molecule has 0 aliphatic carbocycles. The third-order valence-electron chi connectivity index (χ3n) is 19.0. The third-order valence-corrected chi connectivity index (χ3v) is 20.9. The lowest BCUT2D eigenvalue weighted by Crippen LogP contribution is -2.30. The lowest BCUT2D eigenvalue weighted by atomic mass is 10.0. The van der Waals surface area contributed by atoms with Crippen molar-refractivity contribution in [2.75, 3.05) is 39.6 Å². The number of unbranched alkanes of at least 4 members (excludes halogenated alkanes) is 38. The van der Waals surface area contributed by atoms with Crippen LogP contribution in [0.15, 0.2) is 146 Å². The van der Waals surface area contributed by atoms with Crippen LogP contribution in [0.4, 0.5) is 0 Å². The first kappa shape index (κ1) is 108. The highest BCUT2D eigenvalue weighted by Crippen LogP contribution is 2.45. The molecular weight excluding hydrogens is 1460 g/mol. The first-order valence-corrected chi connectivity index (χ1v) is 48.1. The van der Waals surface area contributed by atoms with Gasteiger partial charge in [0.05, 0.1) is 26.4 Å². The molecule has 0 fully saturated rings. The van der Waals surface area contributed by atoms with Gasteiger partial charge in [0, 0.05) is 19.3 Å². The van der Waals surface area contributed by atoms with E-state index in [4.69, 9.17) is 32.3 Å². The summed E-state index contributed by atoms with van der Waals surface area (Å²) < 4.78 is 61.4. The number of carbonyl (C=O) groups is 3. The van der Waals surface area contributed by atoms with E-state index in [0.29, 0.717) is 19.3 Å². The molecule has 0 amide bonds. The molecule has 4 N–H and O–H groups in total. The van der Waals surface area contributed by atoms with Gasteiger partial charge < -0.3 is 34.2 Å². The number of phosphoric acid groups is 2. The summed E-state index contributed by atoms with van der Waals surface area (Å²) in [5.41, 5.74) is 0. The van der Waals surface area contributed by atoms with Crippen molar-refractivity contribution in [1.82, 2.24) is 0 Å². The second-order valence-electron chi connectivity index (χ2n) is 30.0. The number of aliphatic hydroxyl groups is 2. The van der Waals surface area contributed by atoms with E-state index < -0.39 is 91.5 Å². The molecule has 0 saturated heterocycles. The van der Waals surface area contributed by atoms with Crippen molar-refractivity contribution in [2.24, 2.45) is 0 Å². The Morgan fingerprint density at radius 2 is 0.469 bits per heavy atom. The molecule has 0 spiro atoms. The molecule has 113 heavy (non-hydrogen) atoms. The molecular formula is C95H164O16P2. The minimum Gasteiger partial charge on any atom is -0.463 e. The maximum atomic E-state index is 13.0. The van der Waals surface area contributed by atoms with E-state index in [1.807, 2.05) is 0 Å². The van der Waals surface area contributed by atoms with Gasteiger partial charge in [-0.15, -0.1) is 0 Å². The fourth-order valence-electron chi connectivity index (χ4n) is 12.2. The van der Waals surface area contributed by atoms with Gasteiger partial charge in [0.15, 0.2) is 6.10 Å². The van der Waals surface area contributed by atoms with Crippen LogP contribution in [-0.4, -0.2) is 95.9 Å². The Balaban J connectivity index is 4.46. The number of aliphatic hydroxyl groups excluding tert-OH is 2. The molecule has 650 valence electrons. The molecule has 0 saturated carbocycles. The Morgan fingerprint density at radius 1 is 0.257 bits per heavy atom. The van der Waals surface area contributed by atoms with Gasteiger partial charge in [0.1, 0.15) is 25.4 Å². The van der Waals surface area contributed by atoms with Crippen molar-refractivity contribution in [3.8, 4) is 0 Å². The van der Waals surface area contributed by atoms with Crippen LogP contribution in [0, 0.1) is 0 Å². The van der Waals surface area contributed by atoms with Crippen molar-refractivity contribution < 1.29 is 75.8 Å². The summed E-state index contributed by atoms with van der Waals surface area (Å²) in [4.78, 5) is 58.9. The second kappa shape index (κ2) is 86.8. The Hall–Kier alpha value is -4.57. The van der Waals surface area contributed by atoms with Crippen molar-refractivity contribution in [3.63, 3.8) is 0 Å². The lowest BCUT2D eigenvalue weighted by Gasteiger charge is -2.21. The van der Waals surface area contributed by atoms with Gasteiger partial charge in [-0.25, -0.2) is 9.13 Å². The largest absolute Gasteiger partial charge is 0.472 e. The summed E-state index contributed by atoms with van der Waals surface area (Å²) in [6.45, 7) is 2.46. The number of allylic oxidation sites excluding steroid dienone is 24. The number of hydrogen-bond donors (Lipinski definition) is 4. The SMILES string of the molecule is CC/C=C\C/C=C\C/C=C\C/C=C\C/C=C\CCCCCCCCCCCC(=O)OCC(COP(=O)(O)OCC(O)COP(=O)(O)OCC(O)COC(=O)CCCCCCCCCCCCCCCCCCCCC/C=C\C/C=C\C/C=C\C/C=C\CCCCC)OC(=O)CCCCCCCCC/C=C\C/C=C\C/C=C\CC. The molecule has 16 nitrogen and oxygen atoms in total. The molecule has 18 heteroatoms. The molecule has 0 aliphatic heterocycles. The predicted molar refractivity (Wildman–Crippen MR) is 473 cm³/mol. The molecule has 0 radical (unpaired) electrons. The zero-order valence-electron chi connectivity index (χ0n) is 71.5. The number of rotatable bonds is 85. The summed E-state index contributed by atoms with van der Waals surface area (Å²) in [6, 6.07) is 0. The molecule has 0 aromatic rings. The highest BCUT2D eigenvalue weighted by Gasteiger charge is 2.29. The Labute approximate surface area is 689 Å². The van der Waals surface area contributed by atoms with Crippen LogP contribution in [0.3, 0.4) is 0 Å². The Kier molecular flexibility index (Phi) is 83.3. The summed E-state index contributed by atoms with van der Waals surface area (Å²) in [5, 5.41) is 20.7. The summed E-state index contributed by atoms with van der Waals surface area (Å²) in [7, 11) is -9.81. The maximum absolute atomic E-state index is 13.0. The molecule has 0 rings (SSSR count). The standard InChI is InChI=1S/C95H164O16P2/c1-4-7-10-13-16-19-22-25-28-31-33-35-37-39-40-41-42-43-44-45-46-47-48-50-52-53-55-58-60-63-66-69-72-75-78-81-93(98)105-84-90(96)85-107-112(101,102)108-86-91(97)87-109-113(103,104)110-89-92(111-95(100)83-80-77-74-71-68-65-62-57-30-27-24-21-18-15-12-9-6-3)88-106-94(99)82-79-76-73-70-67-64-61-59-56-54-51-49-38-36-34-32-29-26-23-20-17-14-11-8-5-2/h8-9,11-12,16-21,25-30,33-36,39-40,49,51,90-92,96-97H,4-7,10,13-15,22-24,31-32,37-38,41-48,50,52-89H2,1-3H3,(H,101,102)(H,103,104)/b11-8-,12-9-,19-16-,20-17-,21-18-,28-25-,29-26-,30-27-,35-33-,36-34-,40-39-,51-49-. The zero-order chi connectivity index (χ0) is 82.2. The van der Waals surface area contributed by atoms with E-state index in [1.54, 1.807) is 0 Å². The second-order valence-corrected chi connectivity index (χ2v) is 32.9. The average molecular weight is 1620 g/mol. The normalized spacial score (nSPS) is 14.5. The first-order valence-electron chi connectivity index (χ1n) is 45.1. The molecule has 0 bridgehead atoms. The van der Waals surface area contributed by atoms with Gasteiger partial charge in [0.25, 0.3) is 0 Å². The number of phosphoric ester groups is 2. The van der Waals surface area contributed by atoms with E-state index >= 15 is 0 Å². The minimum atomic E-state index is -4.94. The van der Waals surface area contributed by atoms with Crippen molar-refractivity contribution in [3.05, 3.63) is 146 Å². The van der Waals surface area contributed by atoms with E-state index in [0.717, 1.165) is 167 Å². The third kappa shape index (κ3) is 88.1. The molecule has 0 heterocycles. The van der Waals surface area contributed by atoms with Crippen LogP contribution in [0.5, 0.6) is 0 Å². The van der Waals surface area contributed by atoms with Crippen molar-refractivity contribution >= 4 is 33.6 Å². The topological polar surface area (TPSA) is 231 Å². The van der Waals surface area contributed by atoms with E-state index in [1.165, 1.54) is 154 Å². The Morgan fingerprint density at radius 3 is 0.743 bits per heavy atom. The quantitative estimate of drug-likeness (QED) is 0.0146. The van der Waals surface area contributed by atoms with Gasteiger partial charge >= 0.3 is 33.6 Å². The van der Waals surface area contributed by atoms with Crippen LogP contribution in [0.1, 0.15) is 380 Å². The smallest absolute Gasteiger partial charge is 0.463 e. The van der Waals surface area contributed by atoms with Crippen LogP contribution in [0.25, 0.3) is 0 Å². The van der Waals surface area contributed by atoms with Gasteiger partial charge in [-0.1, -0.05) is 366 Å². The number of ether oxygens (including phenoxy) is 3. The number of hydrogen-bond acceptors (Lipinski definition) is 14. The number of esters is 3. The molecule has 5 unspecified atom stereocenters. The van der Waals surface area contributed by atoms with Gasteiger partial charge in [-0.2, -0.15) is 0 Å². The van der Waals surface area contributed by atoms with Gasteiger partial charge in [0.2, 0.25) is 0 Å². The van der Waals surface area contributed by atoms with Gasteiger partial charge in [-0.05, 0) is 141 Å². The van der Waals surface area contributed by atoms with E-state index in [2.05, 4.69) is 167 Å². The van der Waals surface area contributed by atoms with E-state index in [9.17, 15) is 43.5 Å². The van der Waals surface area contributed by atoms with Crippen molar-refractivity contribution in [2.45, 2.75) is 399 Å². The van der Waals surface area contributed by atoms with Crippen LogP contribution in [-0.2, 0) is 55.8 Å². The van der Waals surface area contributed by atoms with Gasteiger partial charge in [-0.3, -0.25) is 32.5 Å². The number of carbonyl (C=O) groups excluding carboxylic acids is 3. The Bertz CT molecular complexity index is 2630. The average Bonchev–Trinajstić information content (AvgIpc) is 0.902. The first-order chi connectivity index (χ1) is 55.2. The fourth-order valence-corrected chi connectivity index (χ4v) is 13.8. The molecule has 5 atom stereocenters. The lowest BCUT2D eigenvalue weighted by molar-refractivity contribution is -0.161. The predicted octanol–water partition coefficient (Wildman–Crippen LogP) is 27.6. The molecule has 0 aromatic heterocycles. The molecule has 0 aliphatic rings. The van der Waals surface area contributed by atoms with Crippen molar-refractivity contribution in [1.29, 1.82) is 0 Å². The zero-order valence-corrected chi connectivity index (χ0v) is 73.3. The maximum Gasteiger partial charge on any atom is 0.472 e. The summed E-state index contributed by atoms with van der Waals surface area (Å²) in [6.07, 6.45) is 109. The summed E-state index contributed by atoms with van der Waals surface area (Å²) in [5.74, 6) is -1.58. The highest BCUT2D eigenvalue weighted by atomic mass is 31.2. The van der Waals surface area contributed by atoms with Crippen LogP contribution < -0.4 is 0 Å². The molecule has 0 aromatic carbocycles.